The number of thiol groups is 1. The van der Waals surface area contributed by atoms with Gasteiger partial charge in [-0.1, -0.05) is 147 Å². The summed E-state index contributed by atoms with van der Waals surface area (Å²) in [5.41, 5.74) is 0. The average Bonchev–Trinajstić information content (AvgIpc) is 3.35. The molecule has 0 aliphatic carbocycles. The number of carbonyl (C=O) groups is 7. The zero-order valence-corrected chi connectivity index (χ0v) is 46.4. The molecule has 16 heteroatoms. The largest absolute Gasteiger partial charge is 0.462 e. The third kappa shape index (κ3) is 49.8. The van der Waals surface area contributed by atoms with Crippen LogP contribution in [-0.4, -0.2) is 85.0 Å². The first-order valence-electron chi connectivity index (χ1n) is 26.9. The molecule has 0 fully saturated rings. The summed E-state index contributed by atoms with van der Waals surface area (Å²) in [6.45, 7) is 2.53. The van der Waals surface area contributed by atoms with E-state index in [1.807, 2.05) is 0 Å². The zero-order chi connectivity index (χ0) is 51.4. The molecule has 1 unspecified atom stereocenters. The Bertz CT molecular complexity index is 1460. The van der Waals surface area contributed by atoms with E-state index in [0.29, 0.717) is 36.7 Å². The van der Waals surface area contributed by atoms with Crippen LogP contribution in [0.1, 0.15) is 232 Å². The number of Topliss-reactive ketones (excluding diaryl/α,β-unsaturated/α-hetero) is 1. The number of nitrogens with zero attached hydrogens (tertiary/aromatic N) is 1. The van der Waals surface area contributed by atoms with E-state index >= 15 is 0 Å². The number of amides is 1. The Hall–Kier alpha value is -3.15. The Labute approximate surface area is 438 Å². The highest BCUT2D eigenvalue weighted by Crippen LogP contribution is 2.13. The summed E-state index contributed by atoms with van der Waals surface area (Å²) < 4.78 is 30.2. The normalized spacial score (nSPS) is 11.9. The van der Waals surface area contributed by atoms with Crippen LogP contribution in [0.2, 0.25) is 0 Å². The predicted molar refractivity (Wildman–Crippen MR) is 289 cm³/mol. The lowest BCUT2D eigenvalue weighted by Crippen LogP contribution is -2.33. The molecule has 0 aromatic heterocycles. The van der Waals surface area contributed by atoms with E-state index in [9.17, 15) is 33.6 Å². The quantitative estimate of drug-likeness (QED) is 0.0112. The first-order chi connectivity index (χ1) is 34.1. The maximum absolute atomic E-state index is 12.7. The fourth-order valence-electron chi connectivity index (χ4n) is 7.24. The van der Waals surface area contributed by atoms with E-state index in [1.54, 1.807) is 0 Å². The minimum Gasteiger partial charge on any atom is -0.462 e. The second-order valence-electron chi connectivity index (χ2n) is 18.0. The van der Waals surface area contributed by atoms with E-state index in [1.165, 1.54) is 77.0 Å². The van der Waals surface area contributed by atoms with Gasteiger partial charge >= 0.3 is 29.8 Å². The van der Waals surface area contributed by atoms with Crippen LogP contribution in [0.4, 0.5) is 0 Å². The van der Waals surface area contributed by atoms with Crippen LogP contribution < -0.4 is 5.32 Å². The molecule has 70 heavy (non-hydrogen) atoms. The Morgan fingerprint density at radius 3 is 1.34 bits per heavy atom. The summed E-state index contributed by atoms with van der Waals surface area (Å²) in [5, 5.41) is 2.74. The van der Waals surface area contributed by atoms with Crippen molar-refractivity contribution in [3.63, 3.8) is 0 Å². The van der Waals surface area contributed by atoms with Crippen molar-refractivity contribution in [1.82, 2.24) is 5.32 Å². The number of alkyl halides is 1. The zero-order valence-electron chi connectivity index (χ0n) is 43.3. The molecule has 0 aliphatic rings. The number of nitrogens with one attached hydrogen (secondary N) is 1. The summed E-state index contributed by atoms with van der Waals surface area (Å²) >= 11 is 3.27. The Morgan fingerprint density at radius 2 is 0.857 bits per heavy atom. The highest BCUT2D eigenvalue weighted by atomic mass is 127. The van der Waals surface area contributed by atoms with Crippen LogP contribution in [-0.2, 0) is 57.2 Å². The van der Waals surface area contributed by atoms with Crippen molar-refractivity contribution in [2.45, 2.75) is 238 Å². The van der Waals surface area contributed by atoms with Gasteiger partial charge in [0.05, 0.1) is 10.8 Å². The maximum atomic E-state index is 12.7. The van der Waals surface area contributed by atoms with Gasteiger partial charge in [-0.05, 0) is 89.9 Å². The maximum Gasteiger partial charge on any atom is 0.344 e. The summed E-state index contributed by atoms with van der Waals surface area (Å²) in [6.07, 6.45) is 40.0. The van der Waals surface area contributed by atoms with Crippen LogP contribution in [0.3, 0.4) is 0 Å². The molecule has 0 bridgehead atoms. The Balaban J connectivity index is 4.63. The number of halogens is 1. The fourth-order valence-corrected chi connectivity index (χ4v) is 8.51. The van der Waals surface area contributed by atoms with Crippen molar-refractivity contribution >= 4 is 75.4 Å². The third-order valence-corrected chi connectivity index (χ3v) is 13.6. The van der Waals surface area contributed by atoms with Gasteiger partial charge in [-0.3, -0.25) is 24.0 Å². The first kappa shape index (κ1) is 66.9. The summed E-state index contributed by atoms with van der Waals surface area (Å²) in [5.74, 6) is -3.80. The van der Waals surface area contributed by atoms with Gasteiger partial charge in [-0.2, -0.15) is 2.55 Å². The summed E-state index contributed by atoms with van der Waals surface area (Å²) in [6, 6.07) is 0. The van der Waals surface area contributed by atoms with Gasteiger partial charge in [0.2, 0.25) is 5.91 Å². The van der Waals surface area contributed by atoms with Crippen molar-refractivity contribution < 1.29 is 57.2 Å². The number of hydrogen-bond donors (Lipinski definition) is 2. The summed E-state index contributed by atoms with van der Waals surface area (Å²) in [7, 11) is 0. The Kier molecular flexibility index (Phi) is 49.8. The van der Waals surface area contributed by atoms with E-state index in [-0.39, 0.29) is 37.4 Å². The molecule has 0 spiro atoms. The molecule has 0 aliphatic heterocycles. The second kappa shape index (κ2) is 52.2. The molecule has 1 N–H and O–H groups in total. The Morgan fingerprint density at radius 1 is 0.457 bits per heavy atom. The van der Waals surface area contributed by atoms with Crippen molar-refractivity contribution in [1.29, 1.82) is 0 Å². The van der Waals surface area contributed by atoms with Crippen LogP contribution in [0.5, 0.6) is 0 Å². The number of ketones is 1. The molecule has 0 saturated heterocycles. The van der Waals surface area contributed by atoms with E-state index in [4.69, 9.17) is 23.7 Å². The molecule has 1 atom stereocenters. The van der Waals surface area contributed by atoms with E-state index in [2.05, 4.69) is 58.8 Å². The monoisotopic (exact) mass is 1120 g/mol. The highest BCUT2D eigenvalue weighted by Gasteiger charge is 2.22. The van der Waals surface area contributed by atoms with E-state index < -0.39 is 83.4 Å². The van der Waals surface area contributed by atoms with Crippen LogP contribution in [0.25, 0.3) is 0 Å². The number of allylic oxidation sites excluding steroid dienone is 4. The van der Waals surface area contributed by atoms with Crippen LogP contribution >= 0.6 is 33.8 Å². The van der Waals surface area contributed by atoms with Gasteiger partial charge in [-0.15, -0.1) is 0 Å². The number of esters is 5. The number of ether oxygens (including phenoxy) is 5. The molecule has 0 aromatic rings. The van der Waals surface area contributed by atoms with Crippen molar-refractivity contribution in [3.8, 4) is 0 Å². The van der Waals surface area contributed by atoms with Gasteiger partial charge in [0, 0.05) is 53.3 Å². The smallest absolute Gasteiger partial charge is 0.344 e. The minimum atomic E-state index is -1.26. The second-order valence-corrected chi connectivity index (χ2v) is 20.9. The van der Waals surface area contributed by atoms with Gasteiger partial charge in [-0.25, -0.2) is 9.59 Å². The number of unbranched alkanes of at least 4 members (excludes halogenated alkanes) is 24. The average molecular weight is 1120 g/mol. The molecular weight excluding hydrogens is 1030 g/mol. The van der Waals surface area contributed by atoms with Gasteiger partial charge in [0.25, 0.3) is 0 Å². The lowest BCUT2D eigenvalue weighted by atomic mass is 10.1. The first-order valence-corrected chi connectivity index (χ1v) is 29.8. The molecule has 1 amide bonds. The molecule has 0 rings (SSSR count). The molecule has 14 nitrogen and oxygen atoms in total. The molecule has 0 saturated carbocycles. The lowest BCUT2D eigenvalue weighted by molar-refractivity contribution is -0.174. The lowest BCUT2D eigenvalue weighted by Gasteiger charge is -2.18. The van der Waals surface area contributed by atoms with Crippen molar-refractivity contribution in [2.75, 3.05) is 37.4 Å². The number of rotatable bonds is 50. The SMILES string of the molecule is CCCCCCCC/C=C/CCCCCCCC(=O)OCC(=O)OCC(COC(=O)CCC(=O)NCCCCCC(=O)CI=NS)OC(=O)COC(=O)CCCCCCC/C=C/CCCCCCCC. The standard InChI is InChI=1S/C54H93IN2O12S/c1-3-5-7-9-11-13-15-17-19-21-23-25-27-29-33-37-50(60)67-45-53(63)66-44-48(43-65-52(62)40-39-49(59)56-41-35-31-32-36-47(58)42-55-57-70)69-54(64)46-68-51(61)38-34-30-28-26-24-22-20-18-16-14-12-10-8-6-4-2/h17-20,48,70H,3-16,21-46H2,1-2H3,(H,56,59)/b19-17+,20-18+. The summed E-state index contributed by atoms with van der Waals surface area (Å²) in [4.78, 5) is 86.4. The van der Waals surface area contributed by atoms with Crippen molar-refractivity contribution in [2.24, 2.45) is 2.55 Å². The fraction of sp³-hybridized carbons (Fsp3) is 0.796. The van der Waals surface area contributed by atoms with E-state index in [0.717, 1.165) is 89.9 Å². The molecule has 0 heterocycles. The number of carbonyl (C=O) groups excluding carboxylic acids is 7. The van der Waals surface area contributed by atoms with Crippen LogP contribution in [0.15, 0.2) is 26.9 Å². The molecule has 0 aromatic carbocycles. The molecular formula is C54H93IN2O12S. The minimum absolute atomic E-state index is 0.136. The van der Waals surface area contributed by atoms with Gasteiger partial charge < -0.3 is 29.0 Å². The topological polar surface area (TPSA) is 190 Å². The molecule has 0 radical (unpaired) electrons. The van der Waals surface area contributed by atoms with Gasteiger partial charge in [0.1, 0.15) is 19.0 Å². The third-order valence-electron chi connectivity index (χ3n) is 11.4. The predicted octanol–water partition coefficient (Wildman–Crippen LogP) is 13.2. The van der Waals surface area contributed by atoms with Gasteiger partial charge in [0.15, 0.2) is 19.3 Å². The van der Waals surface area contributed by atoms with Crippen molar-refractivity contribution in [3.05, 3.63) is 24.3 Å². The number of hydrogen-bond acceptors (Lipinski definition) is 14. The van der Waals surface area contributed by atoms with Crippen LogP contribution in [0, 0.1) is 0 Å². The highest BCUT2D eigenvalue weighted by molar-refractivity contribution is 14.2. The molecule has 404 valence electrons.